The van der Waals surface area contributed by atoms with Crippen LogP contribution in [0.25, 0.3) is 22.2 Å². The number of nitrogens with zero attached hydrogens (tertiary/aromatic N) is 2. The summed E-state index contributed by atoms with van der Waals surface area (Å²) in [6.07, 6.45) is 0. The lowest BCUT2D eigenvalue weighted by molar-refractivity contribution is 0.675. The molecule has 0 amide bonds. The van der Waals surface area contributed by atoms with Gasteiger partial charge < -0.3 is 5.73 Å². The van der Waals surface area contributed by atoms with Crippen molar-refractivity contribution in [3.8, 4) is 11.3 Å². The monoisotopic (exact) mass is 251 g/mol. The number of aromatic nitrogens is 2. The predicted octanol–water partition coefficient (Wildman–Crippen LogP) is 3.61. The molecule has 0 saturated carbocycles. The zero-order valence-electron chi connectivity index (χ0n) is 11.2. The van der Waals surface area contributed by atoms with Crippen LogP contribution >= 0.6 is 0 Å². The van der Waals surface area contributed by atoms with Gasteiger partial charge in [0.2, 0.25) is 0 Å². The van der Waals surface area contributed by atoms with Crippen molar-refractivity contribution in [3.05, 3.63) is 48.0 Å². The summed E-state index contributed by atoms with van der Waals surface area (Å²) >= 11 is 0. The first-order chi connectivity index (χ1) is 9.20. The summed E-state index contributed by atoms with van der Waals surface area (Å²) in [5, 5.41) is 5.68. The smallest absolute Gasteiger partial charge is 0.0950 e. The van der Waals surface area contributed by atoms with Gasteiger partial charge in [-0.1, -0.05) is 35.9 Å². The molecular weight excluding hydrogens is 234 g/mol. The molecule has 3 nitrogen and oxygen atoms in total. The number of fused-ring (bicyclic) bond motifs is 1. The third kappa shape index (κ3) is 1.87. The summed E-state index contributed by atoms with van der Waals surface area (Å²) in [5.41, 5.74) is 11.4. The number of rotatable bonds is 2. The number of hydrogen-bond donors (Lipinski definition) is 1. The van der Waals surface area contributed by atoms with Crippen molar-refractivity contribution < 1.29 is 0 Å². The maximum Gasteiger partial charge on any atom is 0.0950 e. The minimum absolute atomic E-state index is 0.785. The van der Waals surface area contributed by atoms with Crippen LogP contribution < -0.4 is 5.73 Å². The van der Waals surface area contributed by atoms with Gasteiger partial charge >= 0.3 is 0 Å². The van der Waals surface area contributed by atoms with Crippen molar-refractivity contribution in [1.29, 1.82) is 0 Å². The van der Waals surface area contributed by atoms with Crippen molar-refractivity contribution in [3.63, 3.8) is 0 Å². The largest absolute Gasteiger partial charge is 0.398 e. The highest BCUT2D eigenvalue weighted by atomic mass is 15.3. The molecule has 0 spiro atoms. The summed E-state index contributed by atoms with van der Waals surface area (Å²) in [5.74, 6) is 0. The van der Waals surface area contributed by atoms with Gasteiger partial charge in [0.1, 0.15) is 0 Å². The van der Waals surface area contributed by atoms with E-state index in [2.05, 4.69) is 43.2 Å². The highest BCUT2D eigenvalue weighted by molar-refractivity contribution is 6.01. The first kappa shape index (κ1) is 11.8. The van der Waals surface area contributed by atoms with E-state index in [4.69, 9.17) is 5.73 Å². The molecule has 1 aromatic heterocycles. The van der Waals surface area contributed by atoms with Crippen LogP contribution in [-0.4, -0.2) is 9.78 Å². The minimum Gasteiger partial charge on any atom is -0.398 e. The van der Waals surface area contributed by atoms with Crippen LogP contribution in [0.2, 0.25) is 0 Å². The number of benzene rings is 2. The lowest BCUT2D eigenvalue weighted by Crippen LogP contribution is -1.99. The van der Waals surface area contributed by atoms with E-state index in [-0.39, 0.29) is 0 Å². The summed E-state index contributed by atoms with van der Waals surface area (Å²) in [6.45, 7) is 5.02. The highest BCUT2D eigenvalue weighted by Crippen LogP contribution is 2.32. The molecular formula is C16H17N3. The van der Waals surface area contributed by atoms with Gasteiger partial charge in [-0.15, -0.1) is 0 Å². The zero-order chi connectivity index (χ0) is 13.4. The van der Waals surface area contributed by atoms with Gasteiger partial charge in [0.25, 0.3) is 0 Å². The van der Waals surface area contributed by atoms with Crippen LogP contribution in [0.3, 0.4) is 0 Å². The molecule has 2 N–H and O–H groups in total. The maximum absolute atomic E-state index is 6.14. The number of hydrogen-bond acceptors (Lipinski definition) is 2. The molecule has 0 aliphatic carbocycles. The van der Waals surface area contributed by atoms with Gasteiger partial charge in [-0.3, -0.25) is 4.68 Å². The van der Waals surface area contributed by atoms with Crippen molar-refractivity contribution >= 4 is 16.6 Å². The molecule has 0 atom stereocenters. The van der Waals surface area contributed by atoms with Crippen LogP contribution in [0, 0.1) is 6.92 Å². The molecule has 2 aromatic carbocycles. The van der Waals surface area contributed by atoms with Crippen molar-refractivity contribution in [2.75, 3.05) is 5.73 Å². The molecule has 0 aliphatic heterocycles. The molecule has 0 bridgehead atoms. The Morgan fingerprint density at radius 1 is 1.11 bits per heavy atom. The van der Waals surface area contributed by atoms with E-state index in [1.165, 1.54) is 5.56 Å². The molecule has 96 valence electrons. The van der Waals surface area contributed by atoms with Crippen LogP contribution in [0.4, 0.5) is 5.69 Å². The highest BCUT2D eigenvalue weighted by Gasteiger charge is 2.14. The van der Waals surface area contributed by atoms with E-state index in [0.717, 1.165) is 34.4 Å². The number of nitrogens with two attached hydrogens (primary N) is 1. The van der Waals surface area contributed by atoms with E-state index < -0.39 is 0 Å². The second-order valence-corrected chi connectivity index (χ2v) is 4.77. The van der Waals surface area contributed by atoms with E-state index in [9.17, 15) is 0 Å². The first-order valence-electron chi connectivity index (χ1n) is 6.52. The van der Waals surface area contributed by atoms with E-state index in [0.29, 0.717) is 0 Å². The SMILES string of the molecule is CCn1nc2cccc(N)c2c1-c1ccc(C)cc1. The van der Waals surface area contributed by atoms with Gasteiger partial charge in [-0.2, -0.15) is 5.10 Å². The molecule has 3 heteroatoms. The van der Waals surface area contributed by atoms with Gasteiger partial charge in [-0.25, -0.2) is 0 Å². The van der Waals surface area contributed by atoms with Gasteiger partial charge in [0.05, 0.1) is 16.6 Å². The topological polar surface area (TPSA) is 43.8 Å². The van der Waals surface area contributed by atoms with Crippen molar-refractivity contribution in [1.82, 2.24) is 9.78 Å². The molecule has 3 aromatic rings. The van der Waals surface area contributed by atoms with Gasteiger partial charge in [-0.05, 0) is 26.0 Å². The summed E-state index contributed by atoms with van der Waals surface area (Å²) in [7, 11) is 0. The lowest BCUT2D eigenvalue weighted by atomic mass is 10.0. The predicted molar refractivity (Wildman–Crippen MR) is 80.0 cm³/mol. The van der Waals surface area contributed by atoms with Gasteiger partial charge in [0.15, 0.2) is 0 Å². The second-order valence-electron chi connectivity index (χ2n) is 4.77. The maximum atomic E-state index is 6.14. The molecule has 0 radical (unpaired) electrons. The zero-order valence-corrected chi connectivity index (χ0v) is 11.2. The Kier molecular flexibility index (Phi) is 2.75. The Morgan fingerprint density at radius 2 is 1.84 bits per heavy atom. The second kappa shape index (κ2) is 4.43. The Bertz CT molecular complexity index is 724. The van der Waals surface area contributed by atoms with E-state index in [1.807, 2.05) is 22.9 Å². The number of aryl methyl sites for hydroxylation is 2. The standard InChI is InChI=1S/C16H17N3/c1-3-19-16(12-9-7-11(2)8-10-12)15-13(17)5-4-6-14(15)18-19/h4-10H,3,17H2,1-2H3. The molecule has 0 saturated heterocycles. The summed E-state index contributed by atoms with van der Waals surface area (Å²) < 4.78 is 2.02. The average Bonchev–Trinajstić information content (AvgIpc) is 2.80. The van der Waals surface area contributed by atoms with Crippen LogP contribution in [0.1, 0.15) is 12.5 Å². The van der Waals surface area contributed by atoms with Crippen LogP contribution in [0.15, 0.2) is 42.5 Å². The fourth-order valence-electron chi connectivity index (χ4n) is 2.44. The number of nitrogen functional groups attached to an aromatic ring is 1. The lowest BCUT2D eigenvalue weighted by Gasteiger charge is -2.07. The Hall–Kier alpha value is -2.29. The fourth-order valence-corrected chi connectivity index (χ4v) is 2.44. The normalized spacial score (nSPS) is 11.1. The third-order valence-electron chi connectivity index (χ3n) is 3.42. The quantitative estimate of drug-likeness (QED) is 0.707. The van der Waals surface area contributed by atoms with Crippen molar-refractivity contribution in [2.24, 2.45) is 0 Å². The van der Waals surface area contributed by atoms with E-state index in [1.54, 1.807) is 0 Å². The molecule has 1 heterocycles. The Balaban J connectivity index is 2.35. The molecule has 0 aliphatic rings. The van der Waals surface area contributed by atoms with Gasteiger partial charge in [0, 0.05) is 17.8 Å². The molecule has 19 heavy (non-hydrogen) atoms. The van der Waals surface area contributed by atoms with E-state index >= 15 is 0 Å². The minimum atomic E-state index is 0.785. The van der Waals surface area contributed by atoms with Crippen LogP contribution in [-0.2, 0) is 6.54 Å². The third-order valence-corrected chi connectivity index (χ3v) is 3.42. The number of anilines is 1. The molecule has 0 fully saturated rings. The van der Waals surface area contributed by atoms with Crippen LogP contribution in [0.5, 0.6) is 0 Å². The summed E-state index contributed by atoms with van der Waals surface area (Å²) in [4.78, 5) is 0. The molecule has 3 rings (SSSR count). The average molecular weight is 251 g/mol. The Morgan fingerprint density at radius 3 is 2.53 bits per heavy atom. The van der Waals surface area contributed by atoms with Crippen molar-refractivity contribution in [2.45, 2.75) is 20.4 Å². The Labute approximate surface area is 112 Å². The fraction of sp³-hybridized carbons (Fsp3) is 0.188. The summed E-state index contributed by atoms with van der Waals surface area (Å²) in [6, 6.07) is 14.4. The first-order valence-corrected chi connectivity index (χ1v) is 6.52. The molecule has 0 unspecified atom stereocenters.